The summed E-state index contributed by atoms with van der Waals surface area (Å²) >= 11 is 0. The number of rotatable bonds is 11. The zero-order chi connectivity index (χ0) is 24.1. The fourth-order valence-electron chi connectivity index (χ4n) is 3.40. The molecule has 1 atom stereocenters. The molecule has 4 nitrogen and oxygen atoms in total. The topological polar surface area (TPSA) is 52.6 Å². The summed E-state index contributed by atoms with van der Waals surface area (Å²) in [5, 5.41) is 0. The molecule has 2 aromatic rings. The lowest BCUT2D eigenvalue weighted by atomic mass is 9.90. The molecule has 0 saturated heterocycles. The highest BCUT2D eigenvalue weighted by Gasteiger charge is 2.28. The maximum Gasteiger partial charge on any atom is 0.316 e. The zero-order valence-electron chi connectivity index (χ0n) is 20.3. The quantitative estimate of drug-likeness (QED) is 0.236. The predicted molar refractivity (Wildman–Crippen MR) is 127 cm³/mol. The van der Waals surface area contributed by atoms with Crippen molar-refractivity contribution in [2.45, 2.75) is 66.7 Å². The molecule has 0 bridgehead atoms. The molecule has 0 N–H and O–H groups in total. The lowest BCUT2D eigenvalue weighted by Gasteiger charge is -2.17. The summed E-state index contributed by atoms with van der Waals surface area (Å²) in [7, 11) is 1.42. The number of ketones is 1. The maximum atomic E-state index is 14.1. The van der Waals surface area contributed by atoms with Gasteiger partial charge in [0.05, 0.1) is 13.7 Å². The molecule has 5 heteroatoms. The van der Waals surface area contributed by atoms with E-state index in [9.17, 15) is 14.0 Å². The third-order valence-corrected chi connectivity index (χ3v) is 5.19. The van der Waals surface area contributed by atoms with Crippen molar-refractivity contribution in [1.29, 1.82) is 0 Å². The highest BCUT2D eigenvalue weighted by Crippen LogP contribution is 2.24. The van der Waals surface area contributed by atoms with Crippen LogP contribution in [0.3, 0.4) is 0 Å². The Morgan fingerprint density at radius 2 is 1.81 bits per heavy atom. The maximum absolute atomic E-state index is 14.1. The second-order valence-electron chi connectivity index (χ2n) is 7.66. The minimum atomic E-state index is -0.869. The van der Waals surface area contributed by atoms with Crippen LogP contribution < -0.4 is 4.74 Å². The molecule has 0 aliphatic rings. The number of carbonyl (C=O) groups is 2. The number of methoxy groups -OCH3 is 1. The van der Waals surface area contributed by atoms with Crippen LogP contribution in [0.2, 0.25) is 0 Å². The van der Waals surface area contributed by atoms with Crippen molar-refractivity contribution >= 4 is 11.8 Å². The minimum absolute atomic E-state index is 0.172. The van der Waals surface area contributed by atoms with Gasteiger partial charge >= 0.3 is 5.97 Å². The number of aryl methyl sites for hydroxylation is 3. The fourth-order valence-corrected chi connectivity index (χ4v) is 3.40. The number of esters is 1. The van der Waals surface area contributed by atoms with Gasteiger partial charge in [-0.1, -0.05) is 57.0 Å². The van der Waals surface area contributed by atoms with E-state index in [-0.39, 0.29) is 24.4 Å². The van der Waals surface area contributed by atoms with Crippen LogP contribution in [0, 0.1) is 25.6 Å². The molecule has 2 aromatic carbocycles. The first-order valence-electron chi connectivity index (χ1n) is 11.4. The largest absolute Gasteiger partial charge is 0.494 e. The summed E-state index contributed by atoms with van der Waals surface area (Å²) < 4.78 is 24.5. The number of Topliss-reactive ketones (excluding diaryl/α,β-unsaturated/α-hetero) is 1. The number of hydrogen-bond donors (Lipinski definition) is 0. The van der Waals surface area contributed by atoms with E-state index in [1.165, 1.54) is 13.2 Å². The molecule has 0 saturated carbocycles. The van der Waals surface area contributed by atoms with E-state index in [1.54, 1.807) is 6.07 Å². The van der Waals surface area contributed by atoms with Gasteiger partial charge in [0.1, 0.15) is 5.92 Å². The Morgan fingerprint density at radius 3 is 2.44 bits per heavy atom. The number of unbranched alkanes of at least 4 members (excludes halogenated alkanes) is 1. The van der Waals surface area contributed by atoms with Crippen molar-refractivity contribution in [2.75, 3.05) is 13.7 Å². The van der Waals surface area contributed by atoms with Crippen molar-refractivity contribution in [3.8, 4) is 5.75 Å². The molecule has 2 rings (SSSR count). The summed E-state index contributed by atoms with van der Waals surface area (Å²) in [4.78, 5) is 25.6. The average molecular weight is 445 g/mol. The summed E-state index contributed by atoms with van der Waals surface area (Å²) in [6, 6.07) is 10.7. The molecule has 32 heavy (non-hydrogen) atoms. The van der Waals surface area contributed by atoms with E-state index in [1.807, 2.05) is 58.9 Å². The Kier molecular flexibility index (Phi) is 12.3. The number of carbonyl (C=O) groups excluding carboxylic acids is 2. The van der Waals surface area contributed by atoms with Crippen LogP contribution in [-0.4, -0.2) is 25.5 Å². The van der Waals surface area contributed by atoms with Gasteiger partial charge in [-0.05, 0) is 61.9 Å². The van der Waals surface area contributed by atoms with Gasteiger partial charge in [0.2, 0.25) is 0 Å². The first-order valence-corrected chi connectivity index (χ1v) is 11.4. The molecule has 0 heterocycles. The fraction of sp³-hybridized carbons (Fsp3) is 0.481. The summed E-state index contributed by atoms with van der Waals surface area (Å²) in [6.45, 7) is 10.1. The zero-order valence-corrected chi connectivity index (χ0v) is 20.3. The van der Waals surface area contributed by atoms with E-state index in [4.69, 9.17) is 9.47 Å². The Hall–Kier alpha value is -2.69. The third kappa shape index (κ3) is 8.45. The lowest BCUT2D eigenvalue weighted by Crippen LogP contribution is -2.28. The highest BCUT2D eigenvalue weighted by molar-refractivity contribution is 6.00. The Balaban J connectivity index is 0.00000249. The second kappa shape index (κ2) is 14.4. The van der Waals surface area contributed by atoms with Gasteiger partial charge in [0, 0.05) is 6.42 Å². The standard InChI is InChI=1S/C25H31FO4.C2H6/c1-5-6-12-30-25(28)21(23(27)15-19-9-7-8-17(2)13-19)11-10-20-16-22(26)24(29-4)14-18(20)3;1-2/h7-9,13-14,16,21H,5-6,10-12,15H2,1-4H3;1-2H3. The molecule has 0 aliphatic heterocycles. The molecule has 176 valence electrons. The number of hydrogen-bond acceptors (Lipinski definition) is 4. The molecular weight excluding hydrogens is 407 g/mol. The van der Waals surface area contributed by atoms with Crippen LogP contribution in [0.5, 0.6) is 5.75 Å². The predicted octanol–water partition coefficient (Wildman–Crippen LogP) is 6.18. The molecule has 0 fully saturated rings. The SMILES string of the molecule is CC.CCCCOC(=O)C(CCc1cc(F)c(OC)cc1C)C(=O)Cc1cccc(C)c1. The van der Waals surface area contributed by atoms with Crippen molar-refractivity contribution in [3.63, 3.8) is 0 Å². The van der Waals surface area contributed by atoms with Crippen molar-refractivity contribution in [1.82, 2.24) is 0 Å². The summed E-state index contributed by atoms with van der Waals surface area (Å²) in [5.41, 5.74) is 3.55. The van der Waals surface area contributed by atoms with E-state index < -0.39 is 17.7 Å². The second-order valence-corrected chi connectivity index (χ2v) is 7.66. The molecular formula is C27H37FO4. The molecule has 0 aliphatic carbocycles. The Morgan fingerprint density at radius 1 is 1.09 bits per heavy atom. The van der Waals surface area contributed by atoms with Crippen molar-refractivity contribution in [3.05, 3.63) is 64.5 Å². The average Bonchev–Trinajstić information content (AvgIpc) is 2.77. The minimum Gasteiger partial charge on any atom is -0.494 e. The van der Waals surface area contributed by atoms with Crippen LogP contribution >= 0.6 is 0 Å². The van der Waals surface area contributed by atoms with Gasteiger partial charge < -0.3 is 9.47 Å². The highest BCUT2D eigenvalue weighted by atomic mass is 19.1. The smallest absolute Gasteiger partial charge is 0.316 e. The first kappa shape index (κ1) is 27.3. The van der Waals surface area contributed by atoms with Crippen LogP contribution in [0.1, 0.15) is 62.3 Å². The van der Waals surface area contributed by atoms with Crippen molar-refractivity contribution < 1.29 is 23.5 Å². The van der Waals surface area contributed by atoms with Crippen LogP contribution in [0.15, 0.2) is 36.4 Å². The Labute approximate surface area is 192 Å². The van der Waals surface area contributed by atoms with E-state index in [2.05, 4.69) is 0 Å². The molecule has 0 amide bonds. The van der Waals surface area contributed by atoms with Gasteiger partial charge in [-0.3, -0.25) is 9.59 Å². The van der Waals surface area contributed by atoms with E-state index >= 15 is 0 Å². The van der Waals surface area contributed by atoms with Crippen LogP contribution in [0.4, 0.5) is 4.39 Å². The van der Waals surface area contributed by atoms with Gasteiger partial charge in [-0.25, -0.2) is 4.39 Å². The number of benzene rings is 2. The number of ether oxygens (including phenoxy) is 2. The monoisotopic (exact) mass is 444 g/mol. The van der Waals surface area contributed by atoms with Gasteiger partial charge in [-0.15, -0.1) is 0 Å². The third-order valence-electron chi connectivity index (χ3n) is 5.19. The van der Waals surface area contributed by atoms with Crippen LogP contribution in [0.25, 0.3) is 0 Å². The molecule has 0 spiro atoms. The number of halogens is 1. The normalized spacial score (nSPS) is 11.2. The first-order chi connectivity index (χ1) is 15.3. The summed E-state index contributed by atoms with van der Waals surface area (Å²) in [6.07, 6.45) is 2.51. The lowest BCUT2D eigenvalue weighted by molar-refractivity contribution is -0.152. The van der Waals surface area contributed by atoms with Crippen molar-refractivity contribution in [2.24, 2.45) is 5.92 Å². The summed E-state index contributed by atoms with van der Waals surface area (Å²) in [5.74, 6) is -1.80. The molecule has 0 radical (unpaired) electrons. The van der Waals surface area contributed by atoms with E-state index in [0.29, 0.717) is 13.0 Å². The molecule has 1 unspecified atom stereocenters. The van der Waals surface area contributed by atoms with E-state index in [0.717, 1.165) is 35.1 Å². The van der Waals surface area contributed by atoms with Gasteiger partial charge in [0.25, 0.3) is 0 Å². The van der Waals surface area contributed by atoms with Gasteiger partial charge in [-0.2, -0.15) is 0 Å². The Bertz CT molecular complexity index is 876. The van der Waals surface area contributed by atoms with Crippen LogP contribution in [-0.2, 0) is 27.2 Å². The molecule has 0 aromatic heterocycles. The van der Waals surface area contributed by atoms with Gasteiger partial charge in [0.15, 0.2) is 17.3 Å².